The quantitative estimate of drug-likeness (QED) is 0.719. The fraction of sp³-hybridized carbons (Fsp3) is 0.917. The molecule has 0 spiro atoms. The highest BCUT2D eigenvalue weighted by Gasteiger charge is 2.26. The van der Waals surface area contributed by atoms with E-state index in [2.05, 4.69) is 5.32 Å². The number of carbonyl (C=O) groups is 1. The van der Waals surface area contributed by atoms with Gasteiger partial charge < -0.3 is 19.9 Å². The number of amides is 1. The molecule has 2 N–H and O–H groups in total. The molecule has 1 saturated heterocycles. The molecule has 5 heteroatoms. The molecule has 1 rings (SSSR count). The van der Waals surface area contributed by atoms with Gasteiger partial charge in [0.15, 0.2) is 0 Å². The van der Waals surface area contributed by atoms with Crippen molar-refractivity contribution >= 4 is 6.09 Å². The van der Waals surface area contributed by atoms with Crippen LogP contribution in [0, 0.1) is 0 Å². The van der Waals surface area contributed by atoms with Crippen molar-refractivity contribution in [3.8, 4) is 0 Å². The fourth-order valence-corrected chi connectivity index (χ4v) is 1.43. The number of alkyl carbamates (subject to hydrolysis) is 1. The lowest BCUT2D eigenvalue weighted by atomic mass is 10.1. The third kappa shape index (κ3) is 6.48. The van der Waals surface area contributed by atoms with Crippen molar-refractivity contribution < 1.29 is 19.4 Å². The zero-order valence-corrected chi connectivity index (χ0v) is 11.0. The summed E-state index contributed by atoms with van der Waals surface area (Å²) in [6.07, 6.45) is 0.708. The minimum Gasteiger partial charge on any atom is -0.444 e. The summed E-state index contributed by atoms with van der Waals surface area (Å²) >= 11 is 0. The van der Waals surface area contributed by atoms with Crippen LogP contribution < -0.4 is 5.32 Å². The number of ether oxygens (including phenoxy) is 2. The topological polar surface area (TPSA) is 71.1 Å². The monoisotopic (exact) mass is 245 g/mol. The number of hydrogen-bond acceptors (Lipinski definition) is 4. The molecule has 1 aliphatic heterocycles. The second-order valence-electron chi connectivity index (χ2n) is 5.53. The second-order valence-corrected chi connectivity index (χ2v) is 5.53. The van der Waals surface area contributed by atoms with E-state index >= 15 is 0 Å². The highest BCUT2D eigenvalue weighted by Crippen LogP contribution is 2.17. The molecule has 1 aliphatic rings. The Labute approximate surface area is 102 Å². The molecule has 1 fully saturated rings. The molecule has 17 heavy (non-hydrogen) atoms. The number of carbonyl (C=O) groups excluding carboxylic acids is 1. The van der Waals surface area contributed by atoms with Gasteiger partial charge in [-0.1, -0.05) is 0 Å². The van der Waals surface area contributed by atoms with Crippen molar-refractivity contribution in [2.75, 3.05) is 6.61 Å². The lowest BCUT2D eigenvalue weighted by Gasteiger charge is -2.24. The standard InChI is InChI=1S/C12H23NO4/c1-8(10(14)6-5-9-7-16-9)13-11(15)17-12(2,3)4/h8-10,14H,5-7H2,1-4H3,(H,13,15). The van der Waals surface area contributed by atoms with Gasteiger partial charge in [0.05, 0.1) is 24.9 Å². The van der Waals surface area contributed by atoms with Crippen molar-refractivity contribution in [1.29, 1.82) is 0 Å². The van der Waals surface area contributed by atoms with Crippen LogP contribution in [0.3, 0.4) is 0 Å². The molecule has 0 aliphatic carbocycles. The first kappa shape index (κ1) is 14.3. The van der Waals surface area contributed by atoms with Crippen molar-refractivity contribution in [3.63, 3.8) is 0 Å². The van der Waals surface area contributed by atoms with E-state index in [0.29, 0.717) is 12.5 Å². The lowest BCUT2D eigenvalue weighted by Crippen LogP contribution is -2.43. The third-order valence-electron chi connectivity index (χ3n) is 2.51. The average Bonchev–Trinajstić information content (AvgIpc) is 2.93. The Bertz CT molecular complexity index is 258. The van der Waals surface area contributed by atoms with Crippen LogP contribution in [0.4, 0.5) is 4.79 Å². The highest BCUT2D eigenvalue weighted by atomic mass is 16.6. The van der Waals surface area contributed by atoms with E-state index in [-0.39, 0.29) is 6.04 Å². The SMILES string of the molecule is CC(NC(=O)OC(C)(C)C)C(O)CCC1CO1. The maximum atomic E-state index is 11.5. The number of nitrogens with one attached hydrogen (secondary N) is 1. The maximum Gasteiger partial charge on any atom is 0.407 e. The third-order valence-corrected chi connectivity index (χ3v) is 2.51. The van der Waals surface area contributed by atoms with Crippen molar-refractivity contribution in [3.05, 3.63) is 0 Å². The second kappa shape index (κ2) is 5.69. The van der Waals surface area contributed by atoms with Crippen molar-refractivity contribution in [2.24, 2.45) is 0 Å². The molecule has 0 radical (unpaired) electrons. The summed E-state index contributed by atoms with van der Waals surface area (Å²) in [5, 5.41) is 12.4. The normalized spacial score (nSPS) is 22.8. The Morgan fingerprint density at radius 3 is 2.65 bits per heavy atom. The van der Waals surface area contributed by atoms with Gasteiger partial charge in [-0.15, -0.1) is 0 Å². The van der Waals surface area contributed by atoms with Gasteiger partial charge in [0.25, 0.3) is 0 Å². The Balaban J connectivity index is 2.21. The number of hydrogen-bond donors (Lipinski definition) is 2. The van der Waals surface area contributed by atoms with E-state index < -0.39 is 17.8 Å². The van der Waals surface area contributed by atoms with Crippen LogP contribution >= 0.6 is 0 Å². The first-order valence-electron chi connectivity index (χ1n) is 6.07. The van der Waals surface area contributed by atoms with E-state index in [1.807, 2.05) is 0 Å². The van der Waals surface area contributed by atoms with Gasteiger partial charge in [-0.2, -0.15) is 0 Å². The minimum absolute atomic E-state index is 0.304. The largest absolute Gasteiger partial charge is 0.444 e. The lowest BCUT2D eigenvalue weighted by molar-refractivity contribution is 0.0425. The molecule has 0 aromatic carbocycles. The number of aliphatic hydroxyl groups excluding tert-OH is 1. The van der Waals surface area contributed by atoms with Crippen molar-refractivity contribution in [1.82, 2.24) is 5.32 Å². The summed E-state index contributed by atoms with van der Waals surface area (Å²) in [5.41, 5.74) is -0.517. The molecule has 0 aromatic heterocycles. The molecular formula is C12H23NO4. The molecule has 3 atom stereocenters. The van der Waals surface area contributed by atoms with Crippen LogP contribution in [0.1, 0.15) is 40.5 Å². The average molecular weight is 245 g/mol. The van der Waals surface area contributed by atoms with E-state index in [0.717, 1.165) is 13.0 Å². The fourth-order valence-electron chi connectivity index (χ4n) is 1.43. The first-order valence-corrected chi connectivity index (χ1v) is 6.07. The highest BCUT2D eigenvalue weighted by molar-refractivity contribution is 5.68. The number of epoxide rings is 1. The van der Waals surface area contributed by atoms with Crippen LogP contribution in [0.25, 0.3) is 0 Å². The maximum absolute atomic E-state index is 11.5. The van der Waals surface area contributed by atoms with Gasteiger partial charge in [0.1, 0.15) is 5.60 Å². The molecule has 0 saturated carbocycles. The molecule has 0 aromatic rings. The Morgan fingerprint density at radius 2 is 2.18 bits per heavy atom. The summed E-state index contributed by atoms with van der Waals surface area (Å²) in [4.78, 5) is 11.5. The van der Waals surface area contributed by atoms with E-state index in [4.69, 9.17) is 9.47 Å². The molecule has 1 heterocycles. The van der Waals surface area contributed by atoms with Crippen molar-refractivity contribution in [2.45, 2.75) is 64.4 Å². The van der Waals surface area contributed by atoms with Gasteiger partial charge in [-0.25, -0.2) is 4.79 Å². The summed E-state index contributed by atoms with van der Waals surface area (Å²) in [6.45, 7) is 7.97. The van der Waals surface area contributed by atoms with Gasteiger partial charge >= 0.3 is 6.09 Å². The van der Waals surface area contributed by atoms with Crippen LogP contribution in [-0.4, -0.2) is 41.7 Å². The Hall–Kier alpha value is -0.810. The summed E-state index contributed by atoms with van der Waals surface area (Å²) in [5.74, 6) is 0. The van der Waals surface area contributed by atoms with Crippen LogP contribution in [0.5, 0.6) is 0 Å². The molecule has 1 amide bonds. The molecule has 3 unspecified atom stereocenters. The molecule has 5 nitrogen and oxygen atoms in total. The zero-order valence-electron chi connectivity index (χ0n) is 11.0. The van der Waals surface area contributed by atoms with E-state index in [1.165, 1.54) is 0 Å². The van der Waals surface area contributed by atoms with Gasteiger partial charge in [0.2, 0.25) is 0 Å². The summed E-state index contributed by atoms with van der Waals surface area (Å²) in [6, 6.07) is -0.316. The minimum atomic E-state index is -0.563. The Morgan fingerprint density at radius 1 is 1.59 bits per heavy atom. The van der Waals surface area contributed by atoms with E-state index in [1.54, 1.807) is 27.7 Å². The summed E-state index contributed by atoms with van der Waals surface area (Å²) < 4.78 is 10.2. The molecule has 100 valence electrons. The van der Waals surface area contributed by atoms with E-state index in [9.17, 15) is 9.90 Å². The molecule has 0 bridgehead atoms. The number of rotatable bonds is 5. The smallest absolute Gasteiger partial charge is 0.407 e. The van der Waals surface area contributed by atoms with Gasteiger partial charge in [0, 0.05) is 0 Å². The van der Waals surface area contributed by atoms with Gasteiger partial charge in [-0.3, -0.25) is 0 Å². The van der Waals surface area contributed by atoms with Crippen LogP contribution in [0.2, 0.25) is 0 Å². The predicted octanol–water partition coefficient (Wildman–Crippen LogP) is 1.44. The summed E-state index contributed by atoms with van der Waals surface area (Å²) in [7, 11) is 0. The van der Waals surface area contributed by atoms with Crippen LogP contribution in [-0.2, 0) is 9.47 Å². The first-order chi connectivity index (χ1) is 7.78. The molecular weight excluding hydrogens is 222 g/mol. The Kier molecular flexibility index (Phi) is 4.77. The van der Waals surface area contributed by atoms with Crippen LogP contribution in [0.15, 0.2) is 0 Å². The number of aliphatic hydroxyl groups is 1. The van der Waals surface area contributed by atoms with Gasteiger partial charge in [-0.05, 0) is 40.5 Å². The zero-order chi connectivity index (χ0) is 13.1. The predicted molar refractivity (Wildman–Crippen MR) is 63.8 cm³/mol.